The quantitative estimate of drug-likeness (QED) is 0.588. The summed E-state index contributed by atoms with van der Waals surface area (Å²) in [6, 6.07) is 22.8. The van der Waals surface area contributed by atoms with Crippen LogP contribution < -0.4 is 20.0 Å². The molecular weight excluding hydrogens is 434 g/mol. The summed E-state index contributed by atoms with van der Waals surface area (Å²) in [6.07, 6.45) is -0.949. The maximum Gasteiger partial charge on any atom is 0.266 e. The van der Waals surface area contributed by atoms with Crippen molar-refractivity contribution in [2.24, 2.45) is 5.92 Å². The van der Waals surface area contributed by atoms with E-state index < -0.39 is 24.0 Å². The molecule has 5 rings (SSSR count). The van der Waals surface area contributed by atoms with E-state index in [-0.39, 0.29) is 11.8 Å². The van der Waals surface area contributed by atoms with Crippen LogP contribution in [0.4, 0.5) is 17.1 Å². The third kappa shape index (κ3) is 3.68. The number of carbonyl (C=O) groups is 3. The van der Waals surface area contributed by atoms with Crippen molar-refractivity contribution >= 4 is 34.8 Å². The van der Waals surface area contributed by atoms with E-state index in [2.05, 4.69) is 5.32 Å². The second kappa shape index (κ2) is 8.64. The summed E-state index contributed by atoms with van der Waals surface area (Å²) in [4.78, 5) is 45.7. The fourth-order valence-electron chi connectivity index (χ4n) is 4.50. The summed E-state index contributed by atoms with van der Waals surface area (Å²) < 4.78 is 5.19. The first-order valence-corrected chi connectivity index (χ1v) is 10.9. The molecule has 0 spiro atoms. The van der Waals surface area contributed by atoms with Crippen molar-refractivity contribution < 1.29 is 24.0 Å². The van der Waals surface area contributed by atoms with Crippen molar-refractivity contribution in [1.82, 2.24) is 0 Å². The lowest BCUT2D eigenvalue weighted by molar-refractivity contribution is -0.126. The molecule has 0 aliphatic carbocycles. The first kappa shape index (κ1) is 21.7. The van der Waals surface area contributed by atoms with Crippen molar-refractivity contribution in [3.8, 4) is 5.75 Å². The van der Waals surface area contributed by atoms with Crippen LogP contribution in [0.15, 0.2) is 78.9 Å². The smallest absolute Gasteiger partial charge is 0.266 e. The Balaban J connectivity index is 1.53. The number of hydroxylamine groups is 1. The monoisotopic (exact) mass is 457 g/mol. The number of imide groups is 1. The molecule has 34 heavy (non-hydrogen) atoms. The highest BCUT2D eigenvalue weighted by Crippen LogP contribution is 2.47. The molecule has 2 aliphatic heterocycles. The molecule has 0 saturated carbocycles. The van der Waals surface area contributed by atoms with Gasteiger partial charge in [0.2, 0.25) is 11.8 Å². The van der Waals surface area contributed by atoms with Gasteiger partial charge >= 0.3 is 0 Å². The van der Waals surface area contributed by atoms with E-state index in [4.69, 9.17) is 9.57 Å². The Bertz CT molecular complexity index is 1230. The van der Waals surface area contributed by atoms with Crippen LogP contribution >= 0.6 is 0 Å². The van der Waals surface area contributed by atoms with Gasteiger partial charge in [-0.3, -0.25) is 19.2 Å². The Morgan fingerprint density at radius 2 is 1.56 bits per heavy atom. The van der Waals surface area contributed by atoms with Crippen LogP contribution in [0.5, 0.6) is 5.75 Å². The van der Waals surface area contributed by atoms with Crippen LogP contribution in [0.1, 0.15) is 18.5 Å². The van der Waals surface area contributed by atoms with E-state index in [9.17, 15) is 14.4 Å². The summed E-state index contributed by atoms with van der Waals surface area (Å²) >= 11 is 0. The summed E-state index contributed by atoms with van der Waals surface area (Å²) in [5.41, 5.74) is 2.65. The second-order valence-electron chi connectivity index (χ2n) is 8.17. The standard InChI is InChI=1S/C26H23N3O5/c1-16(30)27-18-10-8-17(9-11-18)23-22-24(34-29(23)20-6-4-3-5-7-20)26(32)28(25(22)31)19-12-14-21(33-2)15-13-19/h3-15,22-24H,1-2H3,(H,27,30)/t22-,23-,24-/m0/s1. The summed E-state index contributed by atoms with van der Waals surface area (Å²) in [6.45, 7) is 1.44. The molecule has 3 aromatic rings. The zero-order valence-electron chi connectivity index (χ0n) is 18.7. The van der Waals surface area contributed by atoms with E-state index in [1.807, 2.05) is 42.5 Å². The van der Waals surface area contributed by atoms with Crippen molar-refractivity contribution in [2.45, 2.75) is 19.1 Å². The second-order valence-corrected chi connectivity index (χ2v) is 8.17. The molecule has 3 amide bonds. The fraction of sp³-hybridized carbons (Fsp3) is 0.192. The fourth-order valence-corrected chi connectivity index (χ4v) is 4.50. The minimum absolute atomic E-state index is 0.172. The van der Waals surface area contributed by atoms with Gasteiger partial charge in [-0.05, 0) is 54.1 Å². The van der Waals surface area contributed by atoms with Gasteiger partial charge in [-0.15, -0.1) is 0 Å². The Morgan fingerprint density at radius 1 is 0.882 bits per heavy atom. The van der Waals surface area contributed by atoms with E-state index >= 15 is 0 Å². The maximum absolute atomic E-state index is 13.6. The molecule has 0 aromatic heterocycles. The molecule has 8 nitrogen and oxygen atoms in total. The zero-order valence-corrected chi connectivity index (χ0v) is 18.7. The van der Waals surface area contributed by atoms with E-state index in [1.165, 1.54) is 11.8 Å². The molecule has 2 fully saturated rings. The Hall–Kier alpha value is -4.17. The van der Waals surface area contributed by atoms with Crippen molar-refractivity contribution in [3.63, 3.8) is 0 Å². The lowest BCUT2D eigenvalue weighted by atomic mass is 9.90. The van der Waals surface area contributed by atoms with Gasteiger partial charge < -0.3 is 10.1 Å². The van der Waals surface area contributed by atoms with Gasteiger partial charge in [0.25, 0.3) is 5.91 Å². The molecule has 8 heteroatoms. The predicted molar refractivity (Wildman–Crippen MR) is 126 cm³/mol. The number of rotatable bonds is 5. The number of benzene rings is 3. The van der Waals surface area contributed by atoms with Gasteiger partial charge in [0.15, 0.2) is 6.10 Å². The lowest BCUT2D eigenvalue weighted by Crippen LogP contribution is -2.37. The Kier molecular flexibility index (Phi) is 5.51. The third-order valence-electron chi connectivity index (χ3n) is 6.03. The number of carbonyl (C=O) groups excluding carboxylic acids is 3. The van der Waals surface area contributed by atoms with Gasteiger partial charge in [0.1, 0.15) is 11.7 Å². The van der Waals surface area contributed by atoms with Crippen LogP contribution in [0.2, 0.25) is 0 Å². The Labute approximate surface area is 196 Å². The molecule has 172 valence electrons. The van der Waals surface area contributed by atoms with Gasteiger partial charge in [-0.25, -0.2) is 9.96 Å². The topological polar surface area (TPSA) is 88.2 Å². The van der Waals surface area contributed by atoms with Gasteiger partial charge in [-0.1, -0.05) is 30.3 Å². The first-order chi connectivity index (χ1) is 16.5. The van der Waals surface area contributed by atoms with Crippen molar-refractivity contribution in [2.75, 3.05) is 22.4 Å². The third-order valence-corrected chi connectivity index (χ3v) is 6.03. The van der Waals surface area contributed by atoms with Crippen molar-refractivity contribution in [1.29, 1.82) is 0 Å². The zero-order chi connectivity index (χ0) is 23.8. The summed E-state index contributed by atoms with van der Waals surface area (Å²) in [5, 5.41) is 4.38. The number of hydrogen-bond donors (Lipinski definition) is 1. The number of nitrogens with zero attached hydrogens (tertiary/aromatic N) is 2. The maximum atomic E-state index is 13.6. The van der Waals surface area contributed by atoms with Crippen LogP contribution in [-0.2, 0) is 19.2 Å². The molecule has 2 heterocycles. The predicted octanol–water partition coefficient (Wildman–Crippen LogP) is 3.70. The SMILES string of the molecule is COc1ccc(N2C(=O)[C@@H]3[C@H](ON(c4ccccc4)[C@H]3c3ccc(NC(C)=O)cc3)C2=O)cc1. The molecule has 2 aliphatic rings. The largest absolute Gasteiger partial charge is 0.497 e. The van der Waals surface area contributed by atoms with Crippen LogP contribution in [-0.4, -0.2) is 30.9 Å². The molecular formula is C26H23N3O5. The van der Waals surface area contributed by atoms with Crippen LogP contribution in [0, 0.1) is 5.92 Å². The molecule has 0 bridgehead atoms. The minimum atomic E-state index is -0.949. The van der Waals surface area contributed by atoms with E-state index in [0.717, 1.165) is 11.3 Å². The number of amides is 3. The van der Waals surface area contributed by atoms with Gasteiger partial charge in [-0.2, -0.15) is 0 Å². The number of methoxy groups -OCH3 is 1. The Morgan fingerprint density at radius 3 is 2.18 bits per heavy atom. The molecule has 2 saturated heterocycles. The number of hydrogen-bond acceptors (Lipinski definition) is 6. The average Bonchev–Trinajstić information content (AvgIpc) is 3.36. The normalized spacial score (nSPS) is 21.5. The van der Waals surface area contributed by atoms with Gasteiger partial charge in [0, 0.05) is 12.6 Å². The first-order valence-electron chi connectivity index (χ1n) is 10.9. The van der Waals surface area contributed by atoms with Crippen molar-refractivity contribution in [3.05, 3.63) is 84.4 Å². The van der Waals surface area contributed by atoms with E-state index in [1.54, 1.807) is 48.6 Å². The lowest BCUT2D eigenvalue weighted by Gasteiger charge is -2.29. The summed E-state index contributed by atoms with van der Waals surface area (Å²) in [7, 11) is 1.55. The molecule has 3 atom stereocenters. The number of ether oxygens (including phenoxy) is 1. The minimum Gasteiger partial charge on any atom is -0.497 e. The average molecular weight is 457 g/mol. The number of para-hydroxylation sites is 1. The highest BCUT2D eigenvalue weighted by atomic mass is 16.7. The molecule has 0 unspecified atom stereocenters. The molecule has 3 aromatic carbocycles. The molecule has 1 N–H and O–H groups in total. The number of anilines is 3. The molecule has 0 radical (unpaired) electrons. The summed E-state index contributed by atoms with van der Waals surface area (Å²) in [5.74, 6) is -1.00. The van der Waals surface area contributed by atoms with Crippen LogP contribution in [0.3, 0.4) is 0 Å². The van der Waals surface area contributed by atoms with Gasteiger partial charge in [0.05, 0.1) is 24.5 Å². The highest BCUT2D eigenvalue weighted by Gasteiger charge is 2.60. The number of fused-ring (bicyclic) bond motifs is 1. The van der Waals surface area contributed by atoms with Crippen LogP contribution in [0.25, 0.3) is 0 Å². The van der Waals surface area contributed by atoms with E-state index in [0.29, 0.717) is 17.1 Å². The highest BCUT2D eigenvalue weighted by molar-refractivity contribution is 6.24. The number of nitrogens with one attached hydrogen (secondary N) is 1.